The van der Waals surface area contributed by atoms with Crippen LogP contribution in [0.25, 0.3) is 21.9 Å². The van der Waals surface area contributed by atoms with E-state index < -0.39 is 11.6 Å². The first kappa shape index (κ1) is 22.5. The Labute approximate surface area is 185 Å². The molecular weight excluding hydrogens is 448 g/mol. The molecule has 0 aliphatic heterocycles. The van der Waals surface area contributed by atoms with Gasteiger partial charge >= 0.3 is 6.09 Å². The number of nitrogens with zero attached hydrogens (tertiary/aromatic N) is 4. The van der Waals surface area contributed by atoms with Gasteiger partial charge in [-0.2, -0.15) is 0 Å². The largest absolute Gasteiger partial charge is 0.465 e. The molecule has 3 aromatic rings. The maximum Gasteiger partial charge on any atom is 0.407 e. The van der Waals surface area contributed by atoms with Crippen LogP contribution in [0.2, 0.25) is 0 Å². The number of rotatable bonds is 8. The zero-order valence-corrected chi connectivity index (χ0v) is 19.6. The van der Waals surface area contributed by atoms with Gasteiger partial charge in [-0.25, -0.2) is 9.78 Å². The number of benzene rings is 1. The van der Waals surface area contributed by atoms with Crippen LogP contribution < -0.4 is 0 Å². The zero-order chi connectivity index (χ0) is 21.9. The summed E-state index contributed by atoms with van der Waals surface area (Å²) in [5, 5.41) is 10.5. The lowest BCUT2D eigenvalue weighted by atomic mass is 10.1. The Hall–Kier alpha value is -2.19. The fourth-order valence-corrected chi connectivity index (χ4v) is 3.99. The van der Waals surface area contributed by atoms with Crippen molar-refractivity contribution in [2.75, 3.05) is 13.2 Å². The lowest BCUT2D eigenvalue weighted by Crippen LogP contribution is -2.45. The fourth-order valence-electron chi connectivity index (χ4n) is 3.64. The van der Waals surface area contributed by atoms with Crippen LogP contribution in [-0.4, -0.2) is 49.3 Å². The molecule has 7 nitrogen and oxygen atoms in total. The lowest BCUT2D eigenvalue weighted by molar-refractivity contribution is 0.0987. The molecule has 0 unspecified atom stereocenters. The number of carboxylic acid groups (broad SMARTS) is 1. The van der Waals surface area contributed by atoms with Crippen LogP contribution in [0, 0.1) is 0 Å². The summed E-state index contributed by atoms with van der Waals surface area (Å²) in [5.74, 6) is 0.870. The van der Waals surface area contributed by atoms with Crippen molar-refractivity contribution in [1.29, 1.82) is 0 Å². The first-order chi connectivity index (χ1) is 14.2. The van der Waals surface area contributed by atoms with Crippen LogP contribution in [0.3, 0.4) is 0 Å². The average Bonchev–Trinajstić information content (AvgIpc) is 3.02. The van der Waals surface area contributed by atoms with E-state index in [0.717, 1.165) is 51.6 Å². The summed E-state index contributed by atoms with van der Waals surface area (Å²) in [4.78, 5) is 22.4. The van der Waals surface area contributed by atoms with Crippen LogP contribution in [0.5, 0.6) is 0 Å². The maximum absolute atomic E-state index is 11.6. The molecule has 0 atom stereocenters. The van der Waals surface area contributed by atoms with E-state index in [4.69, 9.17) is 9.72 Å². The Morgan fingerprint density at radius 3 is 2.70 bits per heavy atom. The van der Waals surface area contributed by atoms with Crippen LogP contribution in [0.15, 0.2) is 28.9 Å². The van der Waals surface area contributed by atoms with Gasteiger partial charge in [0.2, 0.25) is 0 Å². The van der Waals surface area contributed by atoms with Gasteiger partial charge in [0.05, 0.1) is 17.2 Å². The monoisotopic (exact) mass is 476 g/mol. The number of halogens is 1. The van der Waals surface area contributed by atoms with E-state index in [2.05, 4.69) is 31.5 Å². The number of amides is 1. The SMILES string of the molecule is CCOCc1nc2cnc3cc(Br)ccc3c2n1CCCCN(C(=O)O)C(C)(C)C. The molecule has 0 saturated heterocycles. The van der Waals surface area contributed by atoms with Crippen molar-refractivity contribution >= 4 is 44.0 Å². The normalized spacial score (nSPS) is 12.0. The molecule has 8 heteroatoms. The number of aryl methyl sites for hydroxylation is 1. The summed E-state index contributed by atoms with van der Waals surface area (Å²) >= 11 is 3.51. The highest BCUT2D eigenvalue weighted by molar-refractivity contribution is 9.10. The number of ether oxygens (including phenoxy) is 1. The maximum atomic E-state index is 11.6. The highest BCUT2D eigenvalue weighted by Gasteiger charge is 2.25. The average molecular weight is 477 g/mol. The standard InChI is InChI=1S/C22H29BrN4O3/c1-5-30-14-19-25-18-13-24-17-12-15(23)8-9-16(17)20(18)26(19)10-6-7-11-27(21(28)29)22(2,3)4/h8-9,12-13H,5-7,10-11,14H2,1-4H3,(H,28,29). The number of hydrogen-bond acceptors (Lipinski definition) is 4. The quantitative estimate of drug-likeness (QED) is 0.437. The van der Waals surface area contributed by atoms with Gasteiger partial charge in [-0.1, -0.05) is 15.9 Å². The predicted molar refractivity (Wildman–Crippen MR) is 122 cm³/mol. The third-order valence-electron chi connectivity index (χ3n) is 5.10. The van der Waals surface area contributed by atoms with Crippen molar-refractivity contribution in [2.45, 2.75) is 59.2 Å². The number of carbonyl (C=O) groups is 1. The Bertz CT molecular complexity index is 1040. The molecule has 0 aliphatic carbocycles. The molecule has 1 aromatic carbocycles. The van der Waals surface area contributed by atoms with Crippen molar-refractivity contribution in [3.05, 3.63) is 34.7 Å². The number of pyridine rings is 1. The van der Waals surface area contributed by atoms with Crippen molar-refractivity contribution in [3.8, 4) is 0 Å². The highest BCUT2D eigenvalue weighted by atomic mass is 79.9. The summed E-state index contributed by atoms with van der Waals surface area (Å²) in [6, 6.07) is 6.07. The minimum absolute atomic E-state index is 0.414. The van der Waals surface area contributed by atoms with Gasteiger partial charge in [-0.15, -0.1) is 0 Å². The molecule has 0 bridgehead atoms. The molecule has 2 heterocycles. The zero-order valence-electron chi connectivity index (χ0n) is 18.0. The highest BCUT2D eigenvalue weighted by Crippen LogP contribution is 2.28. The Balaban J connectivity index is 1.88. The van der Waals surface area contributed by atoms with Gasteiger partial charge in [-0.05, 0) is 58.7 Å². The van der Waals surface area contributed by atoms with Gasteiger partial charge < -0.3 is 19.3 Å². The van der Waals surface area contributed by atoms with Crippen LogP contribution in [0.4, 0.5) is 4.79 Å². The minimum atomic E-state index is -0.879. The third-order valence-corrected chi connectivity index (χ3v) is 5.60. The molecule has 30 heavy (non-hydrogen) atoms. The molecule has 0 spiro atoms. The smallest absolute Gasteiger partial charge is 0.407 e. The molecule has 0 fully saturated rings. The molecule has 0 aliphatic rings. The second-order valence-electron chi connectivity index (χ2n) is 8.28. The predicted octanol–water partition coefficient (Wildman–Crippen LogP) is 5.44. The molecule has 0 radical (unpaired) electrons. The third kappa shape index (κ3) is 4.92. The number of hydrogen-bond donors (Lipinski definition) is 1. The molecule has 2 aromatic heterocycles. The number of imidazole rings is 1. The van der Waals surface area contributed by atoms with E-state index in [-0.39, 0.29) is 0 Å². The number of aromatic nitrogens is 3. The summed E-state index contributed by atoms with van der Waals surface area (Å²) in [7, 11) is 0. The molecule has 0 saturated carbocycles. The number of unbranched alkanes of at least 4 members (excludes halogenated alkanes) is 1. The minimum Gasteiger partial charge on any atom is -0.465 e. The topological polar surface area (TPSA) is 80.5 Å². The molecule has 3 rings (SSSR count). The van der Waals surface area contributed by atoms with Crippen LogP contribution >= 0.6 is 15.9 Å². The molecule has 1 N–H and O–H groups in total. The molecule has 162 valence electrons. The second kappa shape index (κ2) is 9.31. The van der Waals surface area contributed by atoms with Crippen molar-refractivity contribution in [3.63, 3.8) is 0 Å². The van der Waals surface area contributed by atoms with Crippen molar-refractivity contribution < 1.29 is 14.6 Å². The Kier molecular flexibility index (Phi) is 6.98. The summed E-state index contributed by atoms with van der Waals surface area (Å²) in [6.07, 6.45) is 2.54. The second-order valence-corrected chi connectivity index (χ2v) is 9.20. The van der Waals surface area contributed by atoms with E-state index in [1.165, 1.54) is 4.90 Å². The van der Waals surface area contributed by atoms with Gasteiger partial charge in [0.1, 0.15) is 17.9 Å². The first-order valence-corrected chi connectivity index (χ1v) is 11.0. The lowest BCUT2D eigenvalue weighted by Gasteiger charge is -2.33. The molecular formula is C22H29BrN4O3. The number of fused-ring (bicyclic) bond motifs is 3. The van der Waals surface area contributed by atoms with E-state index in [9.17, 15) is 9.90 Å². The van der Waals surface area contributed by atoms with E-state index >= 15 is 0 Å². The van der Waals surface area contributed by atoms with Crippen molar-refractivity contribution in [1.82, 2.24) is 19.4 Å². The summed E-state index contributed by atoms with van der Waals surface area (Å²) in [6.45, 7) is 10.0. The summed E-state index contributed by atoms with van der Waals surface area (Å²) < 4.78 is 8.83. The first-order valence-electron chi connectivity index (χ1n) is 10.2. The van der Waals surface area contributed by atoms with Gasteiger partial charge in [-0.3, -0.25) is 4.98 Å². The van der Waals surface area contributed by atoms with Crippen LogP contribution in [-0.2, 0) is 17.9 Å². The van der Waals surface area contributed by atoms with E-state index in [1.54, 1.807) is 0 Å². The Morgan fingerprint density at radius 2 is 2.03 bits per heavy atom. The summed E-state index contributed by atoms with van der Waals surface area (Å²) in [5.41, 5.74) is 2.39. The van der Waals surface area contributed by atoms with Crippen LogP contribution in [0.1, 0.15) is 46.4 Å². The van der Waals surface area contributed by atoms with Crippen molar-refractivity contribution in [2.24, 2.45) is 0 Å². The van der Waals surface area contributed by atoms with Gasteiger partial charge in [0, 0.05) is 35.1 Å². The van der Waals surface area contributed by atoms with Gasteiger partial charge in [0.25, 0.3) is 0 Å². The fraction of sp³-hybridized carbons (Fsp3) is 0.500. The van der Waals surface area contributed by atoms with Gasteiger partial charge in [0.15, 0.2) is 0 Å². The van der Waals surface area contributed by atoms with E-state index in [1.807, 2.05) is 46.0 Å². The molecule has 1 amide bonds. The Morgan fingerprint density at radius 1 is 1.27 bits per heavy atom. The van der Waals surface area contributed by atoms with E-state index in [0.29, 0.717) is 19.8 Å².